The van der Waals surface area contributed by atoms with Gasteiger partial charge in [-0.3, -0.25) is 10.3 Å². The van der Waals surface area contributed by atoms with Gasteiger partial charge in [-0.05, 0) is 37.2 Å². The summed E-state index contributed by atoms with van der Waals surface area (Å²) < 4.78 is 28.7. The van der Waals surface area contributed by atoms with Crippen molar-refractivity contribution in [2.24, 2.45) is 5.73 Å². The van der Waals surface area contributed by atoms with E-state index in [1.807, 2.05) is 0 Å². The summed E-state index contributed by atoms with van der Waals surface area (Å²) in [4.78, 5) is 2.12. The van der Waals surface area contributed by atoms with E-state index < -0.39 is 9.84 Å². The average molecular weight is 311 g/mol. The van der Waals surface area contributed by atoms with Gasteiger partial charge in [0.1, 0.15) is 18.2 Å². The van der Waals surface area contributed by atoms with Crippen molar-refractivity contribution in [1.29, 1.82) is 5.41 Å². The minimum absolute atomic E-state index is 0.0346. The number of sulfone groups is 1. The van der Waals surface area contributed by atoms with Gasteiger partial charge >= 0.3 is 0 Å². The molecule has 0 aliphatic carbocycles. The first-order valence-corrected chi connectivity index (χ1v) is 8.78. The molecular weight excluding hydrogens is 290 g/mol. The predicted octanol–water partition coefficient (Wildman–Crippen LogP) is 0.470. The number of rotatable bonds is 5. The molecule has 1 aliphatic heterocycles. The Hall–Kier alpha value is -1.60. The first-order valence-electron chi connectivity index (χ1n) is 6.96. The lowest BCUT2D eigenvalue weighted by molar-refractivity contribution is 0.219. The van der Waals surface area contributed by atoms with Crippen LogP contribution in [0, 0.1) is 5.41 Å². The maximum absolute atomic E-state index is 11.5. The molecule has 1 aliphatic rings. The van der Waals surface area contributed by atoms with Crippen molar-refractivity contribution in [3.05, 3.63) is 29.8 Å². The number of nitrogens with zero attached hydrogens (tertiary/aromatic N) is 1. The third-order valence-electron chi connectivity index (χ3n) is 3.49. The number of benzene rings is 1. The number of ether oxygens (including phenoxy) is 1. The maximum atomic E-state index is 11.5. The zero-order chi connectivity index (χ0) is 15.3. The third-order valence-corrected chi connectivity index (χ3v) is 5.21. The number of nitrogen functional groups attached to an aromatic ring is 1. The van der Waals surface area contributed by atoms with E-state index in [-0.39, 0.29) is 17.3 Å². The molecule has 0 aromatic heterocycles. The molecule has 7 heteroatoms. The summed E-state index contributed by atoms with van der Waals surface area (Å²) in [6.45, 7) is 2.60. The number of nitrogens with two attached hydrogens (primary N) is 1. The SMILES string of the molecule is N=C(N)c1ccc(OCCN2CCCS(=O)(=O)CC2)cc1. The summed E-state index contributed by atoms with van der Waals surface area (Å²) in [5.41, 5.74) is 6.05. The summed E-state index contributed by atoms with van der Waals surface area (Å²) >= 11 is 0. The van der Waals surface area contributed by atoms with Crippen LogP contribution in [0.3, 0.4) is 0 Å². The molecule has 1 fully saturated rings. The van der Waals surface area contributed by atoms with Gasteiger partial charge in [0.15, 0.2) is 9.84 Å². The Morgan fingerprint density at radius 1 is 1.24 bits per heavy atom. The van der Waals surface area contributed by atoms with Gasteiger partial charge in [0.05, 0.1) is 11.5 Å². The topological polar surface area (TPSA) is 96.5 Å². The normalized spacial score (nSPS) is 18.9. The fraction of sp³-hybridized carbons (Fsp3) is 0.500. The van der Waals surface area contributed by atoms with E-state index in [9.17, 15) is 8.42 Å². The van der Waals surface area contributed by atoms with Gasteiger partial charge in [0, 0.05) is 18.7 Å². The Labute approximate surface area is 125 Å². The molecule has 1 saturated heterocycles. The summed E-state index contributed by atoms with van der Waals surface area (Å²) in [6.07, 6.45) is 0.690. The lowest BCUT2D eigenvalue weighted by Crippen LogP contribution is -2.31. The molecule has 0 saturated carbocycles. The molecule has 21 heavy (non-hydrogen) atoms. The first-order chi connectivity index (χ1) is 9.96. The molecule has 0 amide bonds. The highest BCUT2D eigenvalue weighted by Crippen LogP contribution is 2.12. The Bertz CT molecular complexity index is 584. The third kappa shape index (κ3) is 5.02. The van der Waals surface area contributed by atoms with Gasteiger partial charge in [-0.15, -0.1) is 0 Å². The Morgan fingerprint density at radius 3 is 2.62 bits per heavy atom. The minimum Gasteiger partial charge on any atom is -0.492 e. The number of amidine groups is 1. The number of hydrogen-bond donors (Lipinski definition) is 2. The van der Waals surface area contributed by atoms with Gasteiger partial charge in [0.2, 0.25) is 0 Å². The van der Waals surface area contributed by atoms with Crippen LogP contribution < -0.4 is 10.5 Å². The first kappa shape index (κ1) is 15.8. The summed E-state index contributed by atoms with van der Waals surface area (Å²) in [5, 5.41) is 7.31. The van der Waals surface area contributed by atoms with Gasteiger partial charge in [0.25, 0.3) is 0 Å². The average Bonchev–Trinajstić information content (AvgIpc) is 2.61. The molecule has 0 radical (unpaired) electrons. The molecule has 2 rings (SSSR count). The lowest BCUT2D eigenvalue weighted by atomic mass is 10.2. The lowest BCUT2D eigenvalue weighted by Gasteiger charge is -2.19. The molecule has 0 atom stereocenters. The van der Waals surface area contributed by atoms with Crippen LogP contribution in [0.15, 0.2) is 24.3 Å². The highest BCUT2D eigenvalue weighted by atomic mass is 32.2. The monoisotopic (exact) mass is 311 g/mol. The van der Waals surface area contributed by atoms with Crippen LogP contribution in [0.5, 0.6) is 5.75 Å². The summed E-state index contributed by atoms with van der Waals surface area (Å²) in [5.74, 6) is 1.28. The highest BCUT2D eigenvalue weighted by molar-refractivity contribution is 7.91. The smallest absolute Gasteiger partial charge is 0.151 e. The maximum Gasteiger partial charge on any atom is 0.151 e. The molecule has 0 spiro atoms. The van der Waals surface area contributed by atoms with Crippen LogP contribution in [0.25, 0.3) is 0 Å². The predicted molar refractivity (Wildman–Crippen MR) is 82.7 cm³/mol. The van der Waals surface area contributed by atoms with Gasteiger partial charge in [-0.25, -0.2) is 8.42 Å². The van der Waals surface area contributed by atoms with E-state index >= 15 is 0 Å². The standard InChI is InChI=1S/C14H21N3O3S/c15-14(16)12-2-4-13(5-3-12)20-9-7-17-6-1-10-21(18,19)11-8-17/h2-5H,1,6-11H2,(H3,15,16). The molecule has 0 bridgehead atoms. The molecule has 1 aromatic carbocycles. The second kappa shape index (κ2) is 6.91. The van der Waals surface area contributed by atoms with Crippen molar-refractivity contribution in [1.82, 2.24) is 4.90 Å². The second-order valence-corrected chi connectivity index (χ2v) is 7.44. The molecule has 3 N–H and O–H groups in total. The number of hydrogen-bond acceptors (Lipinski definition) is 5. The number of nitrogens with one attached hydrogen (secondary N) is 1. The van der Waals surface area contributed by atoms with E-state index in [2.05, 4.69) is 4.90 Å². The molecule has 0 unspecified atom stereocenters. The van der Waals surface area contributed by atoms with E-state index in [1.165, 1.54) is 0 Å². The summed E-state index contributed by atoms with van der Waals surface area (Å²) in [7, 11) is -2.86. The zero-order valence-electron chi connectivity index (χ0n) is 11.9. The van der Waals surface area contributed by atoms with Crippen LogP contribution >= 0.6 is 0 Å². The molecule has 1 aromatic rings. The minimum atomic E-state index is -2.86. The fourth-order valence-corrected chi connectivity index (χ4v) is 3.55. The summed E-state index contributed by atoms with van der Waals surface area (Å²) in [6, 6.07) is 7.06. The van der Waals surface area contributed by atoms with Crippen molar-refractivity contribution in [2.75, 3.05) is 37.7 Å². The van der Waals surface area contributed by atoms with E-state index in [1.54, 1.807) is 24.3 Å². The molecule has 1 heterocycles. The largest absolute Gasteiger partial charge is 0.492 e. The Kier molecular flexibility index (Phi) is 5.19. The van der Waals surface area contributed by atoms with Gasteiger partial charge < -0.3 is 10.5 Å². The zero-order valence-corrected chi connectivity index (χ0v) is 12.7. The van der Waals surface area contributed by atoms with Crippen molar-refractivity contribution >= 4 is 15.7 Å². The van der Waals surface area contributed by atoms with Gasteiger partial charge in [-0.1, -0.05) is 0 Å². The van der Waals surface area contributed by atoms with Crippen molar-refractivity contribution < 1.29 is 13.2 Å². The quantitative estimate of drug-likeness (QED) is 0.608. The van der Waals surface area contributed by atoms with E-state index in [4.69, 9.17) is 15.9 Å². The van der Waals surface area contributed by atoms with Gasteiger partial charge in [-0.2, -0.15) is 0 Å². The van der Waals surface area contributed by atoms with E-state index in [0.717, 1.165) is 12.3 Å². The molecular formula is C14H21N3O3S. The van der Waals surface area contributed by atoms with Crippen molar-refractivity contribution in [3.8, 4) is 5.75 Å². The van der Waals surface area contributed by atoms with E-state index in [0.29, 0.717) is 31.7 Å². The highest BCUT2D eigenvalue weighted by Gasteiger charge is 2.18. The Morgan fingerprint density at radius 2 is 1.95 bits per heavy atom. The van der Waals surface area contributed by atoms with Crippen molar-refractivity contribution in [3.63, 3.8) is 0 Å². The Balaban J connectivity index is 1.77. The molecule has 116 valence electrons. The fourth-order valence-electron chi connectivity index (χ4n) is 2.24. The molecule has 6 nitrogen and oxygen atoms in total. The van der Waals surface area contributed by atoms with Crippen molar-refractivity contribution in [2.45, 2.75) is 6.42 Å². The van der Waals surface area contributed by atoms with Crippen LogP contribution in [-0.4, -0.2) is 56.9 Å². The van der Waals surface area contributed by atoms with Crippen LogP contribution in [0.4, 0.5) is 0 Å². The van der Waals surface area contributed by atoms with Crippen LogP contribution in [0.2, 0.25) is 0 Å². The van der Waals surface area contributed by atoms with Crippen LogP contribution in [0.1, 0.15) is 12.0 Å². The van der Waals surface area contributed by atoms with Crippen LogP contribution in [-0.2, 0) is 9.84 Å². The second-order valence-electron chi connectivity index (χ2n) is 5.13.